The van der Waals surface area contributed by atoms with E-state index >= 15 is 0 Å². The molecule has 0 unspecified atom stereocenters. The summed E-state index contributed by atoms with van der Waals surface area (Å²) < 4.78 is 0. The fourth-order valence-corrected chi connectivity index (χ4v) is 2.50. The van der Waals surface area contributed by atoms with Crippen molar-refractivity contribution in [1.29, 1.82) is 5.26 Å². The van der Waals surface area contributed by atoms with Gasteiger partial charge in [0.15, 0.2) is 0 Å². The molecule has 4 heteroatoms. The molecule has 0 atom stereocenters. The molecule has 1 aromatic rings. The Kier molecular flexibility index (Phi) is 4.53. The summed E-state index contributed by atoms with van der Waals surface area (Å²) in [6.07, 6.45) is 1.85. The Morgan fingerprint density at radius 3 is 2.53 bits per heavy atom. The van der Waals surface area contributed by atoms with Crippen molar-refractivity contribution >= 4 is 5.91 Å². The lowest BCUT2D eigenvalue weighted by Crippen LogP contribution is -2.39. The first-order valence-corrected chi connectivity index (χ1v) is 6.66. The van der Waals surface area contributed by atoms with Crippen molar-refractivity contribution in [3.63, 3.8) is 0 Å². The highest BCUT2D eigenvalue weighted by Gasteiger charge is 2.23. The van der Waals surface area contributed by atoms with Crippen LogP contribution in [0.5, 0.6) is 0 Å². The van der Waals surface area contributed by atoms with Crippen LogP contribution >= 0.6 is 0 Å². The quantitative estimate of drug-likeness (QED) is 0.893. The van der Waals surface area contributed by atoms with Gasteiger partial charge in [0.05, 0.1) is 11.6 Å². The van der Waals surface area contributed by atoms with Gasteiger partial charge in [-0.3, -0.25) is 9.69 Å². The Balaban J connectivity index is 1.85. The molecule has 1 heterocycles. The summed E-state index contributed by atoms with van der Waals surface area (Å²) in [5.74, 6) is 0.334. The summed E-state index contributed by atoms with van der Waals surface area (Å²) in [5, 5.41) is 11.5. The predicted octanol–water partition coefficient (Wildman–Crippen LogP) is 1.52. The van der Waals surface area contributed by atoms with E-state index in [2.05, 4.69) is 16.3 Å². The van der Waals surface area contributed by atoms with Gasteiger partial charge in [-0.2, -0.15) is 5.26 Å². The number of benzene rings is 1. The van der Waals surface area contributed by atoms with Crippen molar-refractivity contribution in [3.8, 4) is 6.07 Å². The number of amides is 1. The summed E-state index contributed by atoms with van der Waals surface area (Å²) in [4.78, 5) is 13.9. The lowest BCUT2D eigenvalue weighted by atomic mass is 9.95. The molecule has 0 aromatic heterocycles. The maximum absolute atomic E-state index is 11.5. The van der Waals surface area contributed by atoms with Gasteiger partial charge in [0.2, 0.25) is 5.91 Å². The van der Waals surface area contributed by atoms with Gasteiger partial charge in [-0.1, -0.05) is 12.1 Å². The monoisotopic (exact) mass is 257 g/mol. The molecule has 0 bridgehead atoms. The van der Waals surface area contributed by atoms with E-state index in [0.29, 0.717) is 5.56 Å². The number of carbonyl (C=O) groups is 1. The van der Waals surface area contributed by atoms with Gasteiger partial charge in [0.25, 0.3) is 0 Å². The summed E-state index contributed by atoms with van der Waals surface area (Å²) in [6.45, 7) is 2.81. The lowest BCUT2D eigenvalue weighted by molar-refractivity contribution is -0.125. The van der Waals surface area contributed by atoms with Gasteiger partial charge >= 0.3 is 0 Å². The maximum atomic E-state index is 11.5. The van der Waals surface area contributed by atoms with Crippen LogP contribution in [0.4, 0.5) is 0 Å². The molecule has 0 aliphatic carbocycles. The van der Waals surface area contributed by atoms with Crippen LogP contribution < -0.4 is 5.32 Å². The van der Waals surface area contributed by atoms with Gasteiger partial charge in [-0.25, -0.2) is 0 Å². The van der Waals surface area contributed by atoms with Gasteiger partial charge < -0.3 is 5.32 Å². The first-order valence-electron chi connectivity index (χ1n) is 6.66. The smallest absolute Gasteiger partial charge is 0.222 e. The summed E-state index contributed by atoms with van der Waals surface area (Å²) in [5.41, 5.74) is 1.92. The second kappa shape index (κ2) is 6.35. The fourth-order valence-electron chi connectivity index (χ4n) is 2.50. The molecule has 4 nitrogen and oxygen atoms in total. The maximum Gasteiger partial charge on any atom is 0.222 e. The Hall–Kier alpha value is -1.86. The van der Waals surface area contributed by atoms with E-state index in [1.165, 1.54) is 5.56 Å². The molecule has 1 N–H and O–H groups in total. The second-order valence-corrected chi connectivity index (χ2v) is 4.97. The highest BCUT2D eigenvalue weighted by Crippen LogP contribution is 2.19. The van der Waals surface area contributed by atoms with Crippen molar-refractivity contribution < 1.29 is 4.79 Å². The van der Waals surface area contributed by atoms with Gasteiger partial charge in [0.1, 0.15) is 0 Å². The summed E-state index contributed by atoms with van der Waals surface area (Å²) in [7, 11) is 1.70. The molecule has 0 radical (unpaired) electrons. The number of nitriles is 1. The zero-order chi connectivity index (χ0) is 13.7. The molecule has 100 valence electrons. The van der Waals surface area contributed by atoms with E-state index in [4.69, 9.17) is 5.26 Å². The largest absolute Gasteiger partial charge is 0.359 e. The van der Waals surface area contributed by atoms with E-state index in [1.54, 1.807) is 7.05 Å². The van der Waals surface area contributed by atoms with Crippen LogP contribution in [0.2, 0.25) is 0 Å². The molecule has 0 saturated carbocycles. The van der Waals surface area contributed by atoms with Crippen LogP contribution in [-0.2, 0) is 11.3 Å². The second-order valence-electron chi connectivity index (χ2n) is 4.97. The number of hydrogen-bond acceptors (Lipinski definition) is 3. The normalized spacial score (nSPS) is 16.8. The lowest BCUT2D eigenvalue weighted by Gasteiger charge is -2.31. The number of hydrogen-bond donors (Lipinski definition) is 1. The van der Waals surface area contributed by atoms with Crippen molar-refractivity contribution in [1.82, 2.24) is 10.2 Å². The average Bonchev–Trinajstić information content (AvgIpc) is 2.48. The molecular formula is C15H19N3O. The molecule has 1 aliphatic rings. The number of likely N-dealkylation sites (tertiary alicyclic amines) is 1. The first-order chi connectivity index (χ1) is 9.22. The minimum absolute atomic E-state index is 0.165. The fraction of sp³-hybridized carbons (Fsp3) is 0.467. The van der Waals surface area contributed by atoms with E-state index < -0.39 is 0 Å². The Morgan fingerprint density at radius 1 is 1.37 bits per heavy atom. The summed E-state index contributed by atoms with van der Waals surface area (Å²) in [6, 6.07) is 9.84. The van der Waals surface area contributed by atoms with E-state index in [-0.39, 0.29) is 11.8 Å². The van der Waals surface area contributed by atoms with E-state index in [1.807, 2.05) is 24.3 Å². The molecular weight excluding hydrogens is 238 g/mol. The number of carbonyl (C=O) groups excluding carboxylic acids is 1. The van der Waals surface area contributed by atoms with Crippen molar-refractivity contribution in [2.24, 2.45) is 5.92 Å². The molecule has 1 aliphatic heterocycles. The zero-order valence-corrected chi connectivity index (χ0v) is 11.2. The van der Waals surface area contributed by atoms with Crippen LogP contribution in [0, 0.1) is 17.2 Å². The molecule has 1 fully saturated rings. The number of rotatable bonds is 3. The molecule has 1 saturated heterocycles. The predicted molar refractivity (Wildman–Crippen MR) is 73.2 cm³/mol. The Morgan fingerprint density at radius 2 is 2.00 bits per heavy atom. The third kappa shape index (κ3) is 3.55. The number of piperidine rings is 1. The first kappa shape index (κ1) is 13.6. The van der Waals surface area contributed by atoms with Crippen LogP contribution in [0.1, 0.15) is 24.0 Å². The average molecular weight is 257 g/mol. The Labute approximate surface area is 114 Å². The van der Waals surface area contributed by atoms with Crippen LogP contribution in [0.25, 0.3) is 0 Å². The number of nitrogens with one attached hydrogen (secondary N) is 1. The molecule has 2 rings (SSSR count). The van der Waals surface area contributed by atoms with Crippen LogP contribution in [0.15, 0.2) is 24.3 Å². The van der Waals surface area contributed by atoms with Gasteiger partial charge in [0, 0.05) is 19.5 Å². The van der Waals surface area contributed by atoms with E-state index in [9.17, 15) is 4.79 Å². The number of nitrogens with zero attached hydrogens (tertiary/aromatic N) is 2. The topological polar surface area (TPSA) is 56.1 Å². The van der Waals surface area contributed by atoms with Crippen molar-refractivity contribution in [2.45, 2.75) is 19.4 Å². The standard InChI is InChI=1S/C15H19N3O/c1-17-15(19)14-6-8-18(9-7-14)11-13-4-2-12(10-16)3-5-13/h2-5,14H,6-9,11H2,1H3,(H,17,19). The molecule has 1 aromatic carbocycles. The van der Waals surface area contributed by atoms with Gasteiger partial charge in [-0.05, 0) is 43.6 Å². The van der Waals surface area contributed by atoms with Crippen LogP contribution in [0.3, 0.4) is 0 Å². The highest BCUT2D eigenvalue weighted by atomic mass is 16.1. The van der Waals surface area contributed by atoms with E-state index in [0.717, 1.165) is 32.5 Å². The van der Waals surface area contributed by atoms with Crippen molar-refractivity contribution in [3.05, 3.63) is 35.4 Å². The minimum Gasteiger partial charge on any atom is -0.359 e. The van der Waals surface area contributed by atoms with Gasteiger partial charge in [-0.15, -0.1) is 0 Å². The zero-order valence-electron chi connectivity index (χ0n) is 11.2. The Bertz CT molecular complexity index is 467. The minimum atomic E-state index is 0.165. The third-order valence-corrected chi connectivity index (χ3v) is 3.69. The third-order valence-electron chi connectivity index (χ3n) is 3.69. The molecule has 1 amide bonds. The molecule has 0 spiro atoms. The molecule has 19 heavy (non-hydrogen) atoms. The van der Waals surface area contributed by atoms with Crippen molar-refractivity contribution in [2.75, 3.05) is 20.1 Å². The van der Waals surface area contributed by atoms with Crippen LogP contribution in [-0.4, -0.2) is 30.9 Å². The SMILES string of the molecule is CNC(=O)C1CCN(Cc2ccc(C#N)cc2)CC1. The highest BCUT2D eigenvalue weighted by molar-refractivity contribution is 5.78. The summed E-state index contributed by atoms with van der Waals surface area (Å²) >= 11 is 0.